The zero-order chi connectivity index (χ0) is 16.7. The second kappa shape index (κ2) is 6.02. The molecule has 3 aliphatic heterocycles. The van der Waals surface area contributed by atoms with E-state index >= 15 is 0 Å². The van der Waals surface area contributed by atoms with Crippen molar-refractivity contribution in [3.63, 3.8) is 0 Å². The lowest BCUT2D eigenvalue weighted by Gasteiger charge is -2.34. The van der Waals surface area contributed by atoms with Crippen molar-refractivity contribution in [3.8, 4) is 0 Å². The maximum atomic E-state index is 12.5. The summed E-state index contributed by atoms with van der Waals surface area (Å²) < 4.78 is 5.50. The van der Waals surface area contributed by atoms with Crippen LogP contribution < -0.4 is 0 Å². The van der Waals surface area contributed by atoms with E-state index in [-0.39, 0.29) is 36.3 Å². The van der Waals surface area contributed by atoms with Gasteiger partial charge in [-0.3, -0.25) is 19.3 Å². The molecule has 0 saturated carbocycles. The second-order valence-corrected chi connectivity index (χ2v) is 6.63. The van der Waals surface area contributed by atoms with Crippen LogP contribution in [0.4, 0.5) is 0 Å². The summed E-state index contributed by atoms with van der Waals surface area (Å²) in [6, 6.07) is 7.26. The van der Waals surface area contributed by atoms with Gasteiger partial charge in [0.15, 0.2) is 0 Å². The van der Waals surface area contributed by atoms with Gasteiger partial charge in [0.1, 0.15) is 0 Å². The number of carbonyl (C=O) groups excluding carboxylic acids is 3. The summed E-state index contributed by atoms with van der Waals surface area (Å²) in [4.78, 5) is 40.3. The predicted molar refractivity (Wildman–Crippen MR) is 85.5 cm³/mol. The van der Waals surface area contributed by atoms with Crippen molar-refractivity contribution in [2.24, 2.45) is 0 Å². The van der Waals surface area contributed by atoms with Crippen LogP contribution in [0.1, 0.15) is 46.4 Å². The average molecular weight is 328 g/mol. The van der Waals surface area contributed by atoms with Crippen molar-refractivity contribution in [1.29, 1.82) is 0 Å². The Hall–Kier alpha value is -2.21. The van der Waals surface area contributed by atoms with Crippen LogP contribution in [0.2, 0.25) is 0 Å². The quantitative estimate of drug-likeness (QED) is 0.785. The molecule has 1 aromatic carbocycles. The normalized spacial score (nSPS) is 25.3. The highest BCUT2D eigenvalue weighted by Gasteiger charge is 2.40. The van der Waals surface area contributed by atoms with Crippen molar-refractivity contribution in [2.45, 2.75) is 37.8 Å². The molecule has 1 aromatic rings. The molecule has 3 amide bonds. The second-order valence-electron chi connectivity index (χ2n) is 6.63. The first-order chi connectivity index (χ1) is 11.7. The molecular formula is C18H20N2O4. The molecule has 0 aromatic heterocycles. The molecule has 0 N–H and O–H groups in total. The molecule has 6 heteroatoms. The summed E-state index contributed by atoms with van der Waals surface area (Å²) in [7, 11) is 0. The highest BCUT2D eigenvalue weighted by Crippen LogP contribution is 2.29. The monoisotopic (exact) mass is 328 g/mol. The van der Waals surface area contributed by atoms with Gasteiger partial charge in [0.25, 0.3) is 11.8 Å². The Morgan fingerprint density at radius 3 is 2.21 bits per heavy atom. The lowest BCUT2D eigenvalue weighted by molar-refractivity contribution is -0.141. The Morgan fingerprint density at radius 2 is 1.62 bits per heavy atom. The van der Waals surface area contributed by atoms with Gasteiger partial charge >= 0.3 is 0 Å². The molecular weight excluding hydrogens is 308 g/mol. The maximum Gasteiger partial charge on any atom is 0.261 e. The standard InChI is InChI=1S/C18H20N2O4/c21-16(20-12-7-8-13(20)11-24-10-12)6-3-9-19-17(22)14-4-1-2-5-15(14)18(19)23/h1-2,4-5,12-13H,3,6-11H2. The number of morpholine rings is 1. The van der Waals surface area contributed by atoms with Gasteiger partial charge < -0.3 is 9.64 Å². The molecule has 2 fully saturated rings. The van der Waals surface area contributed by atoms with Gasteiger partial charge in [0.05, 0.1) is 36.4 Å². The summed E-state index contributed by atoms with van der Waals surface area (Å²) in [6.45, 7) is 1.54. The van der Waals surface area contributed by atoms with Crippen LogP contribution in [0.5, 0.6) is 0 Å². The first-order valence-corrected chi connectivity index (χ1v) is 8.51. The number of nitrogens with zero attached hydrogens (tertiary/aromatic N) is 2. The third-order valence-corrected chi connectivity index (χ3v) is 5.18. The SMILES string of the molecule is O=C1c2ccccc2C(=O)N1CCCC(=O)N1C2CCC1COC2. The van der Waals surface area contributed by atoms with E-state index in [9.17, 15) is 14.4 Å². The first-order valence-electron chi connectivity index (χ1n) is 8.51. The van der Waals surface area contributed by atoms with E-state index in [1.54, 1.807) is 24.3 Å². The summed E-state index contributed by atoms with van der Waals surface area (Å²) in [5.74, 6) is -0.397. The summed E-state index contributed by atoms with van der Waals surface area (Å²) >= 11 is 0. The molecule has 2 saturated heterocycles. The minimum absolute atomic E-state index is 0.113. The Bertz CT molecular complexity index is 651. The van der Waals surface area contributed by atoms with Gasteiger partial charge in [-0.05, 0) is 31.4 Å². The number of carbonyl (C=O) groups is 3. The van der Waals surface area contributed by atoms with Gasteiger partial charge in [-0.1, -0.05) is 12.1 Å². The van der Waals surface area contributed by atoms with Crippen molar-refractivity contribution < 1.29 is 19.1 Å². The predicted octanol–water partition coefficient (Wildman–Crippen LogP) is 1.45. The van der Waals surface area contributed by atoms with E-state index in [1.165, 1.54) is 4.90 Å². The largest absolute Gasteiger partial charge is 0.377 e. The third-order valence-electron chi connectivity index (χ3n) is 5.18. The van der Waals surface area contributed by atoms with Crippen molar-refractivity contribution in [3.05, 3.63) is 35.4 Å². The van der Waals surface area contributed by atoms with Gasteiger partial charge in [-0.15, -0.1) is 0 Å². The Balaban J connectivity index is 1.34. The van der Waals surface area contributed by atoms with E-state index in [0.29, 0.717) is 37.2 Å². The fourth-order valence-corrected chi connectivity index (χ4v) is 4.00. The summed E-state index contributed by atoms with van der Waals surface area (Å²) in [5.41, 5.74) is 0.917. The summed E-state index contributed by atoms with van der Waals surface area (Å²) in [5, 5.41) is 0. The first kappa shape index (κ1) is 15.3. The average Bonchev–Trinajstić information content (AvgIpc) is 2.99. The highest BCUT2D eigenvalue weighted by atomic mass is 16.5. The van der Waals surface area contributed by atoms with E-state index in [0.717, 1.165) is 12.8 Å². The molecule has 126 valence electrons. The number of rotatable bonds is 4. The Morgan fingerprint density at radius 1 is 1.04 bits per heavy atom. The van der Waals surface area contributed by atoms with Gasteiger partial charge in [-0.25, -0.2) is 0 Å². The van der Waals surface area contributed by atoms with E-state index < -0.39 is 0 Å². The van der Waals surface area contributed by atoms with Crippen LogP contribution in [0, 0.1) is 0 Å². The van der Waals surface area contributed by atoms with Gasteiger partial charge in [0.2, 0.25) is 5.91 Å². The Labute approximate surface area is 140 Å². The zero-order valence-electron chi connectivity index (χ0n) is 13.4. The van der Waals surface area contributed by atoms with Gasteiger partial charge in [-0.2, -0.15) is 0 Å². The van der Waals surface area contributed by atoms with E-state index in [1.807, 2.05) is 4.90 Å². The number of amides is 3. The molecule has 0 aliphatic carbocycles. The molecule has 0 radical (unpaired) electrons. The van der Waals surface area contributed by atoms with Crippen molar-refractivity contribution in [1.82, 2.24) is 9.80 Å². The molecule has 4 rings (SSSR count). The van der Waals surface area contributed by atoms with Crippen LogP contribution in [0.3, 0.4) is 0 Å². The number of ether oxygens (including phenoxy) is 1. The summed E-state index contributed by atoms with van der Waals surface area (Å²) in [6.07, 6.45) is 2.88. The molecule has 24 heavy (non-hydrogen) atoms. The number of benzene rings is 1. The molecule has 3 aliphatic rings. The van der Waals surface area contributed by atoms with E-state index in [4.69, 9.17) is 4.74 Å². The minimum Gasteiger partial charge on any atom is -0.377 e. The Kier molecular flexibility index (Phi) is 3.84. The lowest BCUT2D eigenvalue weighted by Crippen LogP contribution is -2.49. The van der Waals surface area contributed by atoms with Crippen LogP contribution in [-0.4, -0.2) is 59.4 Å². The molecule has 2 atom stereocenters. The van der Waals surface area contributed by atoms with Crippen molar-refractivity contribution >= 4 is 17.7 Å². The fourth-order valence-electron chi connectivity index (χ4n) is 4.00. The number of imide groups is 1. The highest BCUT2D eigenvalue weighted by molar-refractivity contribution is 6.21. The fraction of sp³-hybridized carbons (Fsp3) is 0.500. The van der Waals surface area contributed by atoms with Gasteiger partial charge in [0, 0.05) is 13.0 Å². The topological polar surface area (TPSA) is 66.9 Å². The molecule has 2 unspecified atom stereocenters. The third kappa shape index (κ3) is 2.41. The van der Waals surface area contributed by atoms with E-state index in [2.05, 4.69) is 0 Å². The number of hydrogen-bond donors (Lipinski definition) is 0. The van der Waals surface area contributed by atoms with Crippen molar-refractivity contribution in [2.75, 3.05) is 19.8 Å². The number of hydrogen-bond acceptors (Lipinski definition) is 4. The van der Waals surface area contributed by atoms with Crippen LogP contribution in [0.25, 0.3) is 0 Å². The maximum absolute atomic E-state index is 12.5. The molecule has 3 heterocycles. The van der Waals surface area contributed by atoms with Crippen LogP contribution >= 0.6 is 0 Å². The van der Waals surface area contributed by atoms with Crippen LogP contribution in [0.15, 0.2) is 24.3 Å². The smallest absolute Gasteiger partial charge is 0.261 e. The molecule has 0 spiro atoms. The number of fused-ring (bicyclic) bond motifs is 3. The lowest BCUT2D eigenvalue weighted by atomic mass is 10.1. The minimum atomic E-state index is -0.255. The molecule has 6 nitrogen and oxygen atoms in total. The van der Waals surface area contributed by atoms with Crippen LogP contribution in [-0.2, 0) is 9.53 Å². The molecule has 2 bridgehead atoms. The zero-order valence-corrected chi connectivity index (χ0v) is 13.4.